The molecule has 3 nitrogen and oxygen atoms in total. The number of aldehydes is 1. The van der Waals surface area contributed by atoms with Crippen molar-refractivity contribution in [2.45, 2.75) is 26.2 Å². The summed E-state index contributed by atoms with van der Waals surface area (Å²) in [5, 5.41) is 4.05. The van der Waals surface area contributed by atoms with E-state index in [-0.39, 0.29) is 5.92 Å². The molecular formula is C10H16N2O. The highest BCUT2D eigenvalue weighted by Gasteiger charge is 2.15. The van der Waals surface area contributed by atoms with Crippen LogP contribution in [0.5, 0.6) is 0 Å². The fraction of sp³-hybridized carbons (Fsp3) is 0.600. The standard InChI is InChI=1S/C10H16N2O/c1-8(2)6-9(7-13)10-4-5-11-12(10)3/h4-5,7-9H,6H2,1-3H3. The summed E-state index contributed by atoms with van der Waals surface area (Å²) in [6.45, 7) is 4.24. The van der Waals surface area contributed by atoms with Gasteiger partial charge in [0.25, 0.3) is 0 Å². The maximum absolute atomic E-state index is 10.9. The van der Waals surface area contributed by atoms with Crippen LogP contribution in [0.2, 0.25) is 0 Å². The van der Waals surface area contributed by atoms with Gasteiger partial charge in [-0.3, -0.25) is 4.68 Å². The van der Waals surface area contributed by atoms with Crippen LogP contribution in [0.25, 0.3) is 0 Å². The summed E-state index contributed by atoms with van der Waals surface area (Å²) in [6, 6.07) is 1.90. The summed E-state index contributed by atoms with van der Waals surface area (Å²) in [7, 11) is 1.87. The van der Waals surface area contributed by atoms with E-state index in [1.807, 2.05) is 13.1 Å². The molecular weight excluding hydrogens is 164 g/mol. The largest absolute Gasteiger partial charge is 0.303 e. The van der Waals surface area contributed by atoms with Crippen LogP contribution in [-0.4, -0.2) is 16.1 Å². The maximum atomic E-state index is 10.9. The Balaban J connectivity index is 2.78. The molecule has 0 aliphatic carbocycles. The van der Waals surface area contributed by atoms with Crippen LogP contribution in [0.1, 0.15) is 31.9 Å². The van der Waals surface area contributed by atoms with Crippen LogP contribution < -0.4 is 0 Å². The van der Waals surface area contributed by atoms with Crippen LogP contribution in [-0.2, 0) is 11.8 Å². The molecule has 0 saturated heterocycles. The van der Waals surface area contributed by atoms with E-state index in [1.165, 1.54) is 0 Å². The molecule has 0 saturated carbocycles. The Bertz CT molecular complexity index is 278. The van der Waals surface area contributed by atoms with Crippen molar-refractivity contribution in [2.75, 3.05) is 0 Å². The molecule has 3 heteroatoms. The Hall–Kier alpha value is -1.12. The summed E-state index contributed by atoms with van der Waals surface area (Å²) in [4.78, 5) is 10.9. The van der Waals surface area contributed by atoms with Crippen molar-refractivity contribution in [3.05, 3.63) is 18.0 Å². The highest BCUT2D eigenvalue weighted by molar-refractivity contribution is 5.60. The summed E-state index contributed by atoms with van der Waals surface area (Å²) in [6.07, 6.45) is 3.63. The molecule has 1 rings (SSSR count). The lowest BCUT2D eigenvalue weighted by Gasteiger charge is -2.12. The third kappa shape index (κ3) is 2.41. The van der Waals surface area contributed by atoms with Gasteiger partial charge in [-0.05, 0) is 18.4 Å². The minimum absolute atomic E-state index is 0.00694. The van der Waals surface area contributed by atoms with Crippen molar-refractivity contribution in [3.63, 3.8) is 0 Å². The third-order valence-corrected chi connectivity index (χ3v) is 2.13. The molecule has 0 radical (unpaired) electrons. The molecule has 1 heterocycles. The molecule has 1 unspecified atom stereocenters. The van der Waals surface area contributed by atoms with E-state index in [4.69, 9.17) is 0 Å². The number of aryl methyl sites for hydroxylation is 1. The first-order chi connectivity index (χ1) is 6.15. The van der Waals surface area contributed by atoms with Gasteiger partial charge >= 0.3 is 0 Å². The van der Waals surface area contributed by atoms with Gasteiger partial charge in [-0.25, -0.2) is 0 Å². The molecule has 72 valence electrons. The monoisotopic (exact) mass is 180 g/mol. The Morgan fingerprint density at radius 1 is 1.62 bits per heavy atom. The SMILES string of the molecule is CC(C)CC(C=O)c1ccnn1C. The lowest BCUT2D eigenvalue weighted by atomic mass is 9.95. The van der Waals surface area contributed by atoms with Gasteiger partial charge in [-0.2, -0.15) is 5.10 Å². The van der Waals surface area contributed by atoms with E-state index in [2.05, 4.69) is 18.9 Å². The lowest BCUT2D eigenvalue weighted by molar-refractivity contribution is -0.109. The first-order valence-electron chi connectivity index (χ1n) is 4.58. The van der Waals surface area contributed by atoms with Crippen molar-refractivity contribution < 1.29 is 4.79 Å². The summed E-state index contributed by atoms with van der Waals surface area (Å²) in [5.41, 5.74) is 1.00. The molecule has 0 aromatic carbocycles. The topological polar surface area (TPSA) is 34.9 Å². The van der Waals surface area contributed by atoms with Crippen LogP contribution >= 0.6 is 0 Å². The number of aromatic nitrogens is 2. The molecule has 0 aliphatic rings. The fourth-order valence-electron chi connectivity index (χ4n) is 1.50. The molecule has 0 amide bonds. The predicted octanol–water partition coefficient (Wildman–Crippen LogP) is 1.75. The molecule has 1 atom stereocenters. The third-order valence-electron chi connectivity index (χ3n) is 2.13. The number of carbonyl (C=O) groups is 1. The first-order valence-corrected chi connectivity index (χ1v) is 4.58. The average molecular weight is 180 g/mol. The van der Waals surface area contributed by atoms with E-state index in [9.17, 15) is 4.79 Å². The minimum Gasteiger partial charge on any atom is -0.303 e. The van der Waals surface area contributed by atoms with Gasteiger partial charge in [0.1, 0.15) is 6.29 Å². The van der Waals surface area contributed by atoms with Gasteiger partial charge in [-0.1, -0.05) is 13.8 Å². The van der Waals surface area contributed by atoms with E-state index in [0.717, 1.165) is 18.4 Å². The minimum atomic E-state index is -0.00694. The zero-order chi connectivity index (χ0) is 9.84. The predicted molar refractivity (Wildman–Crippen MR) is 51.5 cm³/mol. The average Bonchev–Trinajstić information content (AvgIpc) is 2.47. The van der Waals surface area contributed by atoms with Gasteiger partial charge < -0.3 is 4.79 Å². The molecule has 13 heavy (non-hydrogen) atoms. The Morgan fingerprint density at radius 2 is 2.31 bits per heavy atom. The number of nitrogens with zero attached hydrogens (tertiary/aromatic N) is 2. The lowest BCUT2D eigenvalue weighted by Crippen LogP contribution is -2.09. The number of hydrogen-bond acceptors (Lipinski definition) is 2. The van der Waals surface area contributed by atoms with Gasteiger partial charge in [-0.15, -0.1) is 0 Å². The molecule has 0 N–H and O–H groups in total. The molecule has 1 aromatic rings. The second-order valence-electron chi connectivity index (χ2n) is 3.75. The van der Waals surface area contributed by atoms with E-state index >= 15 is 0 Å². The highest BCUT2D eigenvalue weighted by atomic mass is 16.1. The zero-order valence-corrected chi connectivity index (χ0v) is 8.40. The maximum Gasteiger partial charge on any atom is 0.129 e. The van der Waals surface area contributed by atoms with Crippen LogP contribution in [0.4, 0.5) is 0 Å². The van der Waals surface area contributed by atoms with Gasteiger partial charge in [0, 0.05) is 18.9 Å². The quantitative estimate of drug-likeness (QED) is 0.662. The summed E-state index contributed by atoms with van der Waals surface area (Å²) in [5.74, 6) is 0.526. The molecule has 0 fully saturated rings. The van der Waals surface area contributed by atoms with Crippen LogP contribution in [0.3, 0.4) is 0 Å². The Labute approximate surface area is 78.8 Å². The molecule has 1 aromatic heterocycles. The van der Waals surface area contributed by atoms with Gasteiger partial charge in [0.05, 0.1) is 5.92 Å². The second-order valence-corrected chi connectivity index (χ2v) is 3.75. The Kier molecular flexibility index (Phi) is 3.23. The molecule has 0 bridgehead atoms. The zero-order valence-electron chi connectivity index (χ0n) is 8.40. The molecule has 0 aliphatic heterocycles. The van der Waals surface area contributed by atoms with Crippen molar-refractivity contribution in [1.82, 2.24) is 9.78 Å². The normalized spacial score (nSPS) is 13.2. The van der Waals surface area contributed by atoms with Crippen molar-refractivity contribution in [3.8, 4) is 0 Å². The van der Waals surface area contributed by atoms with Gasteiger partial charge in [0.15, 0.2) is 0 Å². The number of hydrogen-bond donors (Lipinski definition) is 0. The second kappa shape index (κ2) is 4.21. The molecule has 0 spiro atoms. The summed E-state index contributed by atoms with van der Waals surface area (Å²) >= 11 is 0. The van der Waals surface area contributed by atoms with Gasteiger partial charge in [0.2, 0.25) is 0 Å². The van der Waals surface area contributed by atoms with Crippen LogP contribution in [0.15, 0.2) is 12.3 Å². The highest BCUT2D eigenvalue weighted by Crippen LogP contribution is 2.20. The van der Waals surface area contributed by atoms with Crippen molar-refractivity contribution >= 4 is 6.29 Å². The van der Waals surface area contributed by atoms with E-state index < -0.39 is 0 Å². The number of rotatable bonds is 4. The van der Waals surface area contributed by atoms with Crippen molar-refractivity contribution in [1.29, 1.82) is 0 Å². The van der Waals surface area contributed by atoms with Crippen LogP contribution in [0, 0.1) is 5.92 Å². The summed E-state index contributed by atoms with van der Waals surface area (Å²) < 4.78 is 1.77. The van der Waals surface area contributed by atoms with Crippen molar-refractivity contribution in [2.24, 2.45) is 13.0 Å². The van der Waals surface area contributed by atoms with E-state index in [0.29, 0.717) is 5.92 Å². The smallest absolute Gasteiger partial charge is 0.129 e. The first kappa shape index (κ1) is 9.96. The fourth-order valence-corrected chi connectivity index (χ4v) is 1.50. The Morgan fingerprint density at radius 3 is 2.69 bits per heavy atom. The number of carbonyl (C=O) groups excluding carboxylic acids is 1. The van der Waals surface area contributed by atoms with E-state index in [1.54, 1.807) is 10.9 Å².